The van der Waals surface area contributed by atoms with Crippen molar-refractivity contribution in [1.82, 2.24) is 35.3 Å². The lowest BCUT2D eigenvalue weighted by Crippen LogP contribution is -2.56. The zero-order valence-corrected chi connectivity index (χ0v) is 50.6. The zero-order chi connectivity index (χ0) is 61.1. The summed E-state index contributed by atoms with van der Waals surface area (Å²) in [4.78, 5) is 91.0. The Morgan fingerprint density at radius 1 is 0.595 bits per heavy atom. The Kier molecular flexibility index (Phi) is 24.8. The number of nitrogens with zero attached hydrogens (tertiary/aromatic N) is 5. The van der Waals surface area contributed by atoms with Gasteiger partial charge in [0.05, 0.1) is 29.4 Å². The molecule has 0 unspecified atom stereocenters. The molecule has 4 heterocycles. The monoisotopic (exact) mass is 1170 g/mol. The summed E-state index contributed by atoms with van der Waals surface area (Å²) < 4.78 is 43.8. The van der Waals surface area contributed by atoms with E-state index in [4.69, 9.17) is 19.3 Å². The first kappa shape index (κ1) is 66.0. The van der Waals surface area contributed by atoms with Gasteiger partial charge in [0.15, 0.2) is 0 Å². The van der Waals surface area contributed by atoms with Crippen molar-refractivity contribution in [2.45, 2.75) is 194 Å². The van der Waals surface area contributed by atoms with Crippen LogP contribution in [0.2, 0.25) is 0 Å². The Bertz CT molecular complexity index is 2790. The third-order valence-corrected chi connectivity index (χ3v) is 16.5. The van der Waals surface area contributed by atoms with Gasteiger partial charge in [0, 0.05) is 50.6 Å². The minimum Gasteiger partial charge on any atom is -0.481 e. The lowest BCUT2D eigenvalue weighted by Gasteiger charge is -2.36. The maximum atomic E-state index is 14.2. The summed E-state index contributed by atoms with van der Waals surface area (Å²) in [5.74, 6) is 0.124. The number of hydrogen-bond acceptors (Lipinski definition) is 11. The predicted octanol–water partition coefficient (Wildman–Crippen LogP) is 12.9. The van der Waals surface area contributed by atoms with Gasteiger partial charge in [-0.3, -0.25) is 38.8 Å². The van der Waals surface area contributed by atoms with Crippen molar-refractivity contribution < 1.29 is 56.9 Å². The molecule has 3 N–H and O–H groups in total. The van der Waals surface area contributed by atoms with Crippen molar-refractivity contribution >= 4 is 35.7 Å². The minimum absolute atomic E-state index is 0.00251. The van der Waals surface area contributed by atoms with Crippen LogP contribution in [0.1, 0.15) is 182 Å². The highest BCUT2D eigenvalue weighted by Gasteiger charge is 2.42. The van der Waals surface area contributed by atoms with Gasteiger partial charge in [-0.05, 0) is 164 Å². The molecule has 2 aliphatic carbocycles. The van der Waals surface area contributed by atoms with Gasteiger partial charge in [-0.2, -0.15) is 0 Å². The Balaban J connectivity index is 0.000000245. The van der Waals surface area contributed by atoms with Crippen LogP contribution in [0.3, 0.4) is 0 Å². The topological polar surface area (TPSA) is 210 Å². The Hall–Kier alpha value is -7.18. The smallest absolute Gasteiger partial charge is 0.410 e. The number of carboxylic acid groups (broad SMARTS) is 1. The van der Waals surface area contributed by atoms with E-state index in [-0.39, 0.29) is 65.1 Å². The average molecular weight is 1170 g/mol. The minimum atomic E-state index is -0.824. The standard InChI is InChI=1S/C32H43FN4O5.C28H36FN3O3.C5H10O2/c1-21(36(5)31(40)42-32(2,3)4)29(38)35-28(22-10-7-6-8-11-22)30(39)37-19-9-12-27(37)26-20-25(17-18-34-26)41-24-15-13-23(33)14-16-24;1-3-19(2)27(33)31-26(20-8-5-4-6-9-20)28(34)32-17-7-10-25(32)24-18-23(15-16-30-24)35-22-13-11-21(29)12-14-22;1-3-4(2)5(6)7/h13-18,20-22,27-28H,6-12,19H2,1-5H3,(H,35,38);11-16,18-20,25-26H,3-10,17H2,1-2H3,(H,31,33);4H,3H2,1-2H3,(H,6,7)/t21-,27-,28-;19-,25+,26+;4-/m011/s1. The first-order valence-electron chi connectivity index (χ1n) is 30.3. The number of aromatic nitrogens is 2. The lowest BCUT2D eigenvalue weighted by molar-refractivity contribution is -0.141. The first-order valence-corrected chi connectivity index (χ1v) is 30.3. The van der Waals surface area contributed by atoms with Crippen LogP contribution in [-0.2, 0) is 28.7 Å². The van der Waals surface area contributed by atoms with E-state index in [9.17, 15) is 37.5 Å². The molecular weight excluding hydrogens is 1080 g/mol. The number of hydrogen-bond donors (Lipinski definition) is 3. The quantitative estimate of drug-likeness (QED) is 0.0850. The van der Waals surface area contributed by atoms with Crippen LogP contribution in [0.5, 0.6) is 23.0 Å². The molecule has 5 amide bonds. The summed E-state index contributed by atoms with van der Waals surface area (Å²) in [6.45, 7) is 15.6. The van der Waals surface area contributed by atoms with Crippen molar-refractivity contribution in [3.05, 3.63) is 108 Å². The van der Waals surface area contributed by atoms with Gasteiger partial charge in [-0.1, -0.05) is 66.2 Å². The Morgan fingerprint density at radius 2 is 1.00 bits per heavy atom. The average Bonchev–Trinajstić information content (AvgIpc) is 4.31. The third kappa shape index (κ3) is 19.2. The van der Waals surface area contributed by atoms with E-state index >= 15 is 0 Å². The van der Waals surface area contributed by atoms with Gasteiger partial charge in [0.25, 0.3) is 0 Å². The molecule has 19 heteroatoms. The number of aliphatic carboxylic acids is 1. The molecule has 0 bridgehead atoms. The molecule has 0 spiro atoms. The highest BCUT2D eigenvalue weighted by Crippen LogP contribution is 2.38. The van der Waals surface area contributed by atoms with E-state index in [0.717, 1.165) is 102 Å². The summed E-state index contributed by atoms with van der Waals surface area (Å²) in [6, 6.07) is 16.3. The van der Waals surface area contributed by atoms with Gasteiger partial charge < -0.3 is 39.8 Å². The molecule has 4 aromatic rings. The van der Waals surface area contributed by atoms with Crippen molar-refractivity contribution in [2.75, 3.05) is 20.1 Å². The molecule has 2 saturated carbocycles. The Morgan fingerprint density at radius 3 is 1.37 bits per heavy atom. The number of carbonyl (C=O) groups is 6. The van der Waals surface area contributed by atoms with Crippen LogP contribution in [0, 0.1) is 35.3 Å². The molecule has 4 fully saturated rings. The van der Waals surface area contributed by atoms with Gasteiger partial charge in [-0.15, -0.1) is 0 Å². The molecule has 0 radical (unpaired) electrons. The van der Waals surface area contributed by atoms with Crippen LogP contribution >= 0.6 is 0 Å². The van der Waals surface area contributed by atoms with E-state index in [1.165, 1.54) is 42.6 Å². The van der Waals surface area contributed by atoms with Crippen molar-refractivity contribution in [3.63, 3.8) is 0 Å². The van der Waals surface area contributed by atoms with E-state index in [2.05, 4.69) is 20.6 Å². The molecule has 2 saturated heterocycles. The number of pyridine rings is 2. The van der Waals surface area contributed by atoms with Crippen molar-refractivity contribution in [3.8, 4) is 23.0 Å². The van der Waals surface area contributed by atoms with Gasteiger partial charge in [0.2, 0.25) is 23.6 Å². The van der Waals surface area contributed by atoms with Crippen molar-refractivity contribution in [2.24, 2.45) is 23.7 Å². The van der Waals surface area contributed by atoms with Crippen LogP contribution in [-0.4, -0.2) is 109 Å². The number of rotatable bonds is 18. The normalized spacial score (nSPS) is 19.1. The number of benzene rings is 2. The number of amides is 5. The fraction of sp³-hybridized carbons (Fsp3) is 0.569. The van der Waals surface area contributed by atoms with Crippen LogP contribution in [0.15, 0.2) is 85.2 Å². The van der Waals surface area contributed by atoms with Crippen LogP contribution in [0.4, 0.5) is 13.6 Å². The second-order valence-electron chi connectivity index (χ2n) is 23.8. The second-order valence-corrected chi connectivity index (χ2v) is 23.8. The second kappa shape index (κ2) is 31.6. The number of nitrogens with one attached hydrogen (secondary N) is 2. The van der Waals surface area contributed by atoms with Gasteiger partial charge in [-0.25, -0.2) is 13.6 Å². The molecule has 84 heavy (non-hydrogen) atoms. The fourth-order valence-corrected chi connectivity index (χ4v) is 11.0. The number of likely N-dealkylation sites (tertiary alicyclic amines) is 2. The van der Waals surface area contributed by atoms with E-state index in [1.807, 2.05) is 42.7 Å². The zero-order valence-electron chi connectivity index (χ0n) is 50.6. The van der Waals surface area contributed by atoms with E-state index in [0.29, 0.717) is 41.8 Å². The molecule has 4 aliphatic rings. The Labute approximate surface area is 495 Å². The summed E-state index contributed by atoms with van der Waals surface area (Å²) in [6.07, 6.45) is 17.6. The predicted molar refractivity (Wildman–Crippen MR) is 316 cm³/mol. The number of likely N-dealkylation sites (N-methyl/N-ethyl adjacent to an activating group) is 1. The summed E-state index contributed by atoms with van der Waals surface area (Å²) >= 11 is 0. The highest BCUT2D eigenvalue weighted by atomic mass is 19.1. The first-order chi connectivity index (χ1) is 40.1. The molecule has 2 aromatic carbocycles. The molecule has 17 nitrogen and oxygen atoms in total. The summed E-state index contributed by atoms with van der Waals surface area (Å²) in [5, 5.41) is 14.3. The number of carboxylic acids is 1. The maximum Gasteiger partial charge on any atom is 0.410 e. The van der Waals surface area contributed by atoms with E-state index in [1.54, 1.807) is 83.4 Å². The van der Waals surface area contributed by atoms with Gasteiger partial charge >= 0.3 is 12.1 Å². The number of halogens is 2. The summed E-state index contributed by atoms with van der Waals surface area (Å²) in [7, 11) is 1.53. The SMILES string of the molecule is CC[C@@H](C)C(=O)N[C@H](C(=O)N1CCC[C@H]1c1cc(Oc2ccc(F)cc2)ccn1)C1CCCCC1.CC[C@@H](C)C(=O)O.C[C@@H](C(=O)N[C@H](C(=O)N1CCC[C@H]1c1cc(Oc2ccc(F)cc2)ccn1)C1CCCCC1)N(C)C(=O)OC(C)(C)C. The molecule has 8 rings (SSSR count). The maximum absolute atomic E-state index is 14.2. The fourth-order valence-electron chi connectivity index (χ4n) is 11.0. The lowest BCUT2D eigenvalue weighted by atomic mass is 9.83. The number of carbonyl (C=O) groups excluding carboxylic acids is 5. The van der Waals surface area contributed by atoms with Gasteiger partial charge in [0.1, 0.15) is 58.4 Å². The molecular formula is C65H89F2N7O10. The third-order valence-electron chi connectivity index (χ3n) is 16.5. The largest absolute Gasteiger partial charge is 0.481 e. The molecule has 2 aliphatic heterocycles. The number of ether oxygens (including phenoxy) is 3. The highest BCUT2D eigenvalue weighted by molar-refractivity contribution is 5.92. The van der Waals surface area contributed by atoms with E-state index < -0.39 is 41.7 Å². The van der Waals surface area contributed by atoms with Crippen LogP contribution in [0.25, 0.3) is 0 Å². The summed E-state index contributed by atoms with van der Waals surface area (Å²) in [5.41, 5.74) is 0.779. The molecule has 2 aromatic heterocycles. The van der Waals surface area contributed by atoms with Crippen LogP contribution < -0.4 is 20.1 Å². The molecule has 458 valence electrons. The van der Waals surface area contributed by atoms with Crippen molar-refractivity contribution in [1.29, 1.82) is 0 Å². The molecule has 7 atom stereocenters.